The van der Waals surface area contributed by atoms with Crippen LogP contribution in [0.15, 0.2) is 36.5 Å². The van der Waals surface area contributed by atoms with E-state index in [1.807, 2.05) is 38.1 Å². The van der Waals surface area contributed by atoms with E-state index in [-0.39, 0.29) is 18.6 Å². The van der Waals surface area contributed by atoms with Gasteiger partial charge in [0.25, 0.3) is 5.91 Å². The fourth-order valence-electron chi connectivity index (χ4n) is 2.08. The predicted octanol–water partition coefficient (Wildman–Crippen LogP) is 2.08. The minimum Gasteiger partial charge on any atom is -0.395 e. The van der Waals surface area contributed by atoms with Crippen LogP contribution in [-0.4, -0.2) is 40.1 Å². The summed E-state index contributed by atoms with van der Waals surface area (Å²) in [6, 6.07) is 9.32. The Kier molecular flexibility index (Phi) is 4.12. The first-order valence-electron chi connectivity index (χ1n) is 6.40. The Labute approximate surface area is 112 Å². The van der Waals surface area contributed by atoms with Crippen LogP contribution < -0.4 is 0 Å². The summed E-state index contributed by atoms with van der Waals surface area (Å²) < 4.78 is 0. The van der Waals surface area contributed by atoms with Crippen LogP contribution in [0.2, 0.25) is 0 Å². The van der Waals surface area contributed by atoms with E-state index in [0.717, 1.165) is 10.9 Å². The molecular weight excluding hydrogens is 240 g/mol. The number of pyridine rings is 1. The number of aliphatic hydroxyl groups is 1. The summed E-state index contributed by atoms with van der Waals surface area (Å²) in [6.45, 7) is 4.20. The van der Waals surface area contributed by atoms with Crippen molar-refractivity contribution in [3.05, 3.63) is 42.1 Å². The van der Waals surface area contributed by atoms with E-state index in [0.29, 0.717) is 12.1 Å². The number of benzene rings is 1. The van der Waals surface area contributed by atoms with Crippen LogP contribution in [0.25, 0.3) is 10.9 Å². The third kappa shape index (κ3) is 2.90. The van der Waals surface area contributed by atoms with Gasteiger partial charge in [-0.1, -0.05) is 6.07 Å². The van der Waals surface area contributed by atoms with Gasteiger partial charge in [0.05, 0.1) is 12.1 Å². The van der Waals surface area contributed by atoms with E-state index in [4.69, 9.17) is 5.11 Å². The molecule has 2 rings (SSSR count). The normalized spacial score (nSPS) is 10.9. The van der Waals surface area contributed by atoms with Crippen molar-refractivity contribution in [2.24, 2.45) is 0 Å². The highest BCUT2D eigenvalue weighted by atomic mass is 16.3. The van der Waals surface area contributed by atoms with E-state index >= 15 is 0 Å². The summed E-state index contributed by atoms with van der Waals surface area (Å²) in [4.78, 5) is 18.3. The van der Waals surface area contributed by atoms with E-state index < -0.39 is 0 Å². The Morgan fingerprint density at radius 1 is 1.37 bits per heavy atom. The van der Waals surface area contributed by atoms with Gasteiger partial charge in [0.2, 0.25) is 0 Å². The Bertz CT molecular complexity index is 581. The molecule has 4 heteroatoms. The lowest BCUT2D eigenvalue weighted by Gasteiger charge is -2.26. The minimum absolute atomic E-state index is 0.0287. The molecule has 1 amide bonds. The van der Waals surface area contributed by atoms with Gasteiger partial charge < -0.3 is 10.0 Å². The molecule has 0 saturated carbocycles. The molecular formula is C15H18N2O2. The molecule has 0 radical (unpaired) electrons. The predicted molar refractivity (Wildman–Crippen MR) is 75.0 cm³/mol. The van der Waals surface area contributed by atoms with Crippen molar-refractivity contribution in [2.45, 2.75) is 19.9 Å². The lowest BCUT2D eigenvalue weighted by Crippen LogP contribution is -2.38. The van der Waals surface area contributed by atoms with E-state index in [1.165, 1.54) is 0 Å². The average Bonchev–Trinajstić information content (AvgIpc) is 2.43. The summed E-state index contributed by atoms with van der Waals surface area (Å²) in [5, 5.41) is 9.99. The number of carbonyl (C=O) groups excluding carboxylic acids is 1. The van der Waals surface area contributed by atoms with Crippen LogP contribution in [0.1, 0.15) is 24.2 Å². The molecule has 2 aromatic rings. The van der Waals surface area contributed by atoms with Crippen molar-refractivity contribution < 1.29 is 9.90 Å². The second kappa shape index (κ2) is 5.80. The summed E-state index contributed by atoms with van der Waals surface area (Å²) in [6.07, 6.45) is 1.73. The molecule has 0 aliphatic heterocycles. The van der Waals surface area contributed by atoms with Gasteiger partial charge >= 0.3 is 0 Å². The minimum atomic E-state index is -0.0604. The van der Waals surface area contributed by atoms with Gasteiger partial charge in [-0.3, -0.25) is 9.78 Å². The maximum Gasteiger partial charge on any atom is 0.254 e. The molecule has 1 aromatic carbocycles. The largest absolute Gasteiger partial charge is 0.395 e. The Morgan fingerprint density at radius 3 is 2.84 bits per heavy atom. The molecule has 0 aliphatic carbocycles. The van der Waals surface area contributed by atoms with Crippen LogP contribution in [0, 0.1) is 0 Å². The second-order valence-electron chi connectivity index (χ2n) is 4.73. The maximum absolute atomic E-state index is 12.4. The number of hydrogen-bond acceptors (Lipinski definition) is 3. The molecule has 0 aliphatic rings. The van der Waals surface area contributed by atoms with Crippen LogP contribution in [0.4, 0.5) is 0 Å². The molecule has 1 aromatic heterocycles. The van der Waals surface area contributed by atoms with E-state index in [9.17, 15) is 4.79 Å². The smallest absolute Gasteiger partial charge is 0.254 e. The molecule has 1 heterocycles. The van der Waals surface area contributed by atoms with Gasteiger partial charge in [0, 0.05) is 29.7 Å². The fraction of sp³-hybridized carbons (Fsp3) is 0.333. The van der Waals surface area contributed by atoms with Crippen molar-refractivity contribution in [1.29, 1.82) is 0 Å². The van der Waals surface area contributed by atoms with Crippen molar-refractivity contribution >= 4 is 16.8 Å². The van der Waals surface area contributed by atoms with Crippen LogP contribution >= 0.6 is 0 Å². The third-order valence-corrected chi connectivity index (χ3v) is 3.08. The molecule has 0 fully saturated rings. The number of fused-ring (bicyclic) bond motifs is 1. The third-order valence-electron chi connectivity index (χ3n) is 3.08. The highest BCUT2D eigenvalue weighted by molar-refractivity contribution is 5.98. The summed E-state index contributed by atoms with van der Waals surface area (Å²) >= 11 is 0. The molecule has 1 N–H and O–H groups in total. The summed E-state index contributed by atoms with van der Waals surface area (Å²) in [5.74, 6) is -0.0604. The van der Waals surface area contributed by atoms with Crippen molar-refractivity contribution in [2.75, 3.05) is 13.2 Å². The highest BCUT2D eigenvalue weighted by Crippen LogP contribution is 2.15. The van der Waals surface area contributed by atoms with Crippen molar-refractivity contribution in [3.8, 4) is 0 Å². The molecule has 4 nitrogen and oxygen atoms in total. The number of amides is 1. The fourth-order valence-corrected chi connectivity index (χ4v) is 2.08. The van der Waals surface area contributed by atoms with Crippen LogP contribution in [0.5, 0.6) is 0 Å². The maximum atomic E-state index is 12.4. The van der Waals surface area contributed by atoms with E-state index in [2.05, 4.69) is 4.98 Å². The first-order chi connectivity index (χ1) is 9.13. The van der Waals surface area contributed by atoms with Gasteiger partial charge in [-0.25, -0.2) is 0 Å². The molecule has 100 valence electrons. The van der Waals surface area contributed by atoms with Gasteiger partial charge in [0.1, 0.15) is 0 Å². The first kappa shape index (κ1) is 13.5. The number of aliphatic hydroxyl groups excluding tert-OH is 1. The number of carbonyl (C=O) groups is 1. The lowest BCUT2D eigenvalue weighted by atomic mass is 10.1. The molecule has 0 unspecified atom stereocenters. The summed E-state index contributed by atoms with van der Waals surface area (Å²) in [7, 11) is 0. The van der Waals surface area contributed by atoms with Gasteiger partial charge in [-0.05, 0) is 38.1 Å². The Morgan fingerprint density at radius 2 is 2.16 bits per heavy atom. The van der Waals surface area contributed by atoms with Crippen molar-refractivity contribution in [1.82, 2.24) is 9.88 Å². The van der Waals surface area contributed by atoms with Gasteiger partial charge in [0.15, 0.2) is 0 Å². The highest BCUT2D eigenvalue weighted by Gasteiger charge is 2.18. The van der Waals surface area contributed by atoms with E-state index in [1.54, 1.807) is 17.2 Å². The standard InChI is InChI=1S/C15H18N2O2/c1-11(2)17(8-9-18)15(19)13-5-6-14-12(10-13)4-3-7-16-14/h3-7,10-11,18H,8-9H2,1-2H3. The molecule has 0 atom stereocenters. The zero-order valence-corrected chi connectivity index (χ0v) is 11.2. The monoisotopic (exact) mass is 258 g/mol. The molecule has 0 saturated heterocycles. The average molecular weight is 258 g/mol. The van der Waals surface area contributed by atoms with Crippen molar-refractivity contribution in [3.63, 3.8) is 0 Å². The number of hydrogen-bond donors (Lipinski definition) is 1. The zero-order valence-electron chi connectivity index (χ0n) is 11.2. The molecule has 19 heavy (non-hydrogen) atoms. The number of nitrogens with zero attached hydrogens (tertiary/aromatic N) is 2. The van der Waals surface area contributed by atoms with Crippen LogP contribution in [-0.2, 0) is 0 Å². The topological polar surface area (TPSA) is 53.4 Å². The lowest BCUT2D eigenvalue weighted by molar-refractivity contribution is 0.0665. The number of rotatable bonds is 4. The SMILES string of the molecule is CC(C)N(CCO)C(=O)c1ccc2ncccc2c1. The second-order valence-corrected chi connectivity index (χ2v) is 4.73. The molecule has 0 bridgehead atoms. The first-order valence-corrected chi connectivity index (χ1v) is 6.40. The Hall–Kier alpha value is -1.94. The summed E-state index contributed by atoms with van der Waals surface area (Å²) in [5.41, 5.74) is 1.50. The van der Waals surface area contributed by atoms with Gasteiger partial charge in [-0.2, -0.15) is 0 Å². The number of aromatic nitrogens is 1. The van der Waals surface area contributed by atoms with Gasteiger partial charge in [-0.15, -0.1) is 0 Å². The van der Waals surface area contributed by atoms with Crippen LogP contribution in [0.3, 0.4) is 0 Å². The molecule has 0 spiro atoms. The Balaban J connectivity index is 2.34. The quantitative estimate of drug-likeness (QED) is 0.913. The zero-order chi connectivity index (χ0) is 13.8.